The third-order valence-electron chi connectivity index (χ3n) is 7.32. The monoisotopic (exact) mass is 474 g/mol. The number of carbonyl (C=O) groups excluding carboxylic acids is 3. The number of benzene rings is 1. The molecule has 0 radical (unpaired) electrons. The zero-order valence-electron chi connectivity index (χ0n) is 19.7. The number of imide groups is 1. The molecular weight excluding hydrogens is 444 g/mol. The molecule has 3 amide bonds. The number of hydrogen-bond donors (Lipinski definition) is 2. The molecule has 0 bridgehead atoms. The minimum Gasteiger partial charge on any atom is -0.384 e. The molecule has 3 aliphatic heterocycles. The predicted octanol–water partition coefficient (Wildman–Crippen LogP) is 1.45. The van der Waals surface area contributed by atoms with E-state index in [2.05, 4.69) is 26.6 Å². The fourth-order valence-electron chi connectivity index (χ4n) is 5.22. The molecule has 0 aliphatic carbocycles. The quantitative estimate of drug-likeness (QED) is 0.466. The number of nitrogens with zero attached hydrogens (tertiary/aromatic N) is 4. The van der Waals surface area contributed by atoms with Crippen molar-refractivity contribution in [2.75, 3.05) is 31.5 Å². The second-order valence-corrected chi connectivity index (χ2v) is 9.53. The highest BCUT2D eigenvalue weighted by Crippen LogP contribution is 2.32. The first kappa shape index (κ1) is 23.1. The number of terminal acetylenes is 1. The van der Waals surface area contributed by atoms with Crippen LogP contribution in [0.5, 0.6) is 0 Å². The molecule has 182 valence electrons. The number of piperidine rings is 2. The summed E-state index contributed by atoms with van der Waals surface area (Å²) in [7, 11) is 0. The van der Waals surface area contributed by atoms with Crippen LogP contribution < -0.4 is 10.6 Å². The molecule has 3 aliphatic rings. The van der Waals surface area contributed by atoms with Gasteiger partial charge in [-0.2, -0.15) is 5.10 Å². The third-order valence-corrected chi connectivity index (χ3v) is 7.32. The minimum absolute atomic E-state index is 0.141. The van der Waals surface area contributed by atoms with Crippen LogP contribution >= 0.6 is 0 Å². The van der Waals surface area contributed by atoms with Gasteiger partial charge in [-0.1, -0.05) is 12.0 Å². The molecule has 5 rings (SSSR count). The maximum Gasteiger partial charge on any atom is 0.255 e. The summed E-state index contributed by atoms with van der Waals surface area (Å²) in [5.41, 5.74) is 3.34. The van der Waals surface area contributed by atoms with Crippen molar-refractivity contribution in [1.29, 1.82) is 0 Å². The van der Waals surface area contributed by atoms with Gasteiger partial charge in [0.15, 0.2) is 0 Å². The number of nitrogens with one attached hydrogen (secondary N) is 2. The SMILES string of the molecule is C#Cc1cnn(CCN2CCC(CNc3cccc4c3CN(C3CCC(=O)NC3=O)C4=O)CC2)c1. The maximum atomic E-state index is 13.0. The van der Waals surface area contributed by atoms with Crippen molar-refractivity contribution in [2.45, 2.75) is 44.8 Å². The van der Waals surface area contributed by atoms with Gasteiger partial charge < -0.3 is 15.1 Å². The van der Waals surface area contributed by atoms with Crippen molar-refractivity contribution in [1.82, 2.24) is 24.9 Å². The van der Waals surface area contributed by atoms with Gasteiger partial charge >= 0.3 is 0 Å². The molecule has 1 aromatic heterocycles. The molecule has 2 aromatic rings. The van der Waals surface area contributed by atoms with Crippen molar-refractivity contribution in [3.05, 3.63) is 47.3 Å². The lowest BCUT2D eigenvalue weighted by Crippen LogP contribution is -2.52. The first-order chi connectivity index (χ1) is 17.0. The van der Waals surface area contributed by atoms with E-state index in [4.69, 9.17) is 6.42 Å². The van der Waals surface area contributed by atoms with E-state index >= 15 is 0 Å². The topological polar surface area (TPSA) is 99.6 Å². The van der Waals surface area contributed by atoms with Crippen LogP contribution in [0.15, 0.2) is 30.6 Å². The second kappa shape index (κ2) is 9.92. The lowest BCUT2D eigenvalue weighted by Gasteiger charge is -2.32. The first-order valence-electron chi connectivity index (χ1n) is 12.2. The van der Waals surface area contributed by atoms with Crippen molar-refractivity contribution in [3.8, 4) is 12.3 Å². The van der Waals surface area contributed by atoms with E-state index in [1.807, 2.05) is 29.1 Å². The number of hydrogen-bond acceptors (Lipinski definition) is 6. The summed E-state index contributed by atoms with van der Waals surface area (Å²) in [6.45, 7) is 5.11. The molecule has 2 N–H and O–H groups in total. The number of carbonyl (C=O) groups is 3. The summed E-state index contributed by atoms with van der Waals surface area (Å²) in [6, 6.07) is 5.12. The highest BCUT2D eigenvalue weighted by molar-refractivity contribution is 6.06. The Kier molecular flexibility index (Phi) is 6.55. The largest absolute Gasteiger partial charge is 0.384 e. The fraction of sp³-hybridized carbons (Fsp3) is 0.462. The van der Waals surface area contributed by atoms with Gasteiger partial charge in [0, 0.05) is 49.1 Å². The Balaban J connectivity index is 1.13. The number of aromatic nitrogens is 2. The Hall–Kier alpha value is -3.64. The summed E-state index contributed by atoms with van der Waals surface area (Å²) in [4.78, 5) is 40.9. The van der Waals surface area contributed by atoms with Gasteiger partial charge in [-0.05, 0) is 50.4 Å². The molecule has 1 unspecified atom stereocenters. The van der Waals surface area contributed by atoms with E-state index in [0.29, 0.717) is 24.4 Å². The molecule has 0 spiro atoms. The lowest BCUT2D eigenvalue weighted by atomic mass is 9.96. The number of rotatable bonds is 7. The van der Waals surface area contributed by atoms with E-state index in [9.17, 15) is 14.4 Å². The fourth-order valence-corrected chi connectivity index (χ4v) is 5.22. The molecule has 2 fully saturated rings. The predicted molar refractivity (Wildman–Crippen MR) is 130 cm³/mol. The summed E-state index contributed by atoms with van der Waals surface area (Å²) in [6.07, 6.45) is 11.9. The van der Waals surface area contributed by atoms with Crippen LogP contribution in [0, 0.1) is 18.3 Å². The molecule has 9 heteroatoms. The normalized spacial score (nSPS) is 21.1. The van der Waals surface area contributed by atoms with Crippen LogP contribution in [0.3, 0.4) is 0 Å². The van der Waals surface area contributed by atoms with Crippen molar-refractivity contribution in [2.24, 2.45) is 5.92 Å². The molecule has 4 heterocycles. The van der Waals surface area contributed by atoms with Gasteiger partial charge in [0.1, 0.15) is 6.04 Å². The van der Waals surface area contributed by atoms with Crippen molar-refractivity contribution < 1.29 is 14.4 Å². The Labute approximate surface area is 204 Å². The second-order valence-electron chi connectivity index (χ2n) is 9.53. The van der Waals surface area contributed by atoms with Crippen molar-refractivity contribution in [3.63, 3.8) is 0 Å². The molecule has 0 saturated carbocycles. The minimum atomic E-state index is -0.593. The maximum absolute atomic E-state index is 13.0. The van der Waals surface area contributed by atoms with Gasteiger partial charge in [0.05, 0.1) is 18.3 Å². The summed E-state index contributed by atoms with van der Waals surface area (Å²) in [5.74, 6) is 2.37. The highest BCUT2D eigenvalue weighted by atomic mass is 16.2. The van der Waals surface area contributed by atoms with Crippen LogP contribution in [-0.2, 0) is 22.7 Å². The van der Waals surface area contributed by atoms with Crippen LogP contribution in [-0.4, -0.2) is 69.5 Å². The van der Waals surface area contributed by atoms with Gasteiger partial charge in [-0.25, -0.2) is 0 Å². The van der Waals surface area contributed by atoms with Gasteiger partial charge in [-0.15, -0.1) is 6.42 Å². The Bertz CT molecular complexity index is 1170. The molecule has 35 heavy (non-hydrogen) atoms. The van der Waals surface area contributed by atoms with Gasteiger partial charge in [-0.3, -0.25) is 24.4 Å². The summed E-state index contributed by atoms with van der Waals surface area (Å²) >= 11 is 0. The molecular formula is C26H30N6O3. The average Bonchev–Trinajstić information content (AvgIpc) is 3.47. The first-order valence-corrected chi connectivity index (χ1v) is 12.2. The Morgan fingerprint density at radius 2 is 1.97 bits per heavy atom. The van der Waals surface area contributed by atoms with Gasteiger partial charge in [0.2, 0.25) is 11.8 Å². The van der Waals surface area contributed by atoms with Crippen LogP contribution in [0.25, 0.3) is 0 Å². The average molecular weight is 475 g/mol. The zero-order valence-corrected chi connectivity index (χ0v) is 19.7. The van der Waals surface area contributed by atoms with E-state index in [-0.39, 0.29) is 24.1 Å². The van der Waals surface area contributed by atoms with E-state index < -0.39 is 6.04 Å². The van der Waals surface area contributed by atoms with E-state index in [1.165, 1.54) is 0 Å². The lowest BCUT2D eigenvalue weighted by molar-refractivity contribution is -0.136. The van der Waals surface area contributed by atoms with E-state index in [1.54, 1.807) is 11.1 Å². The van der Waals surface area contributed by atoms with E-state index in [0.717, 1.165) is 62.4 Å². The number of amides is 3. The zero-order chi connectivity index (χ0) is 24.4. The van der Waals surface area contributed by atoms with Crippen LogP contribution in [0.2, 0.25) is 0 Å². The van der Waals surface area contributed by atoms with Crippen LogP contribution in [0.1, 0.15) is 47.2 Å². The Morgan fingerprint density at radius 1 is 1.14 bits per heavy atom. The molecule has 1 aromatic carbocycles. The van der Waals surface area contributed by atoms with Crippen molar-refractivity contribution >= 4 is 23.4 Å². The highest BCUT2D eigenvalue weighted by Gasteiger charge is 2.39. The molecule has 2 saturated heterocycles. The Morgan fingerprint density at radius 3 is 2.71 bits per heavy atom. The standard InChI is InChI=1S/C26H30N6O3/c1-2-18-15-28-31(16-18)13-12-30-10-8-19(9-11-30)14-27-22-5-3-4-20-21(22)17-32(26(20)35)23-6-7-24(33)29-25(23)34/h1,3-5,15-16,19,23,27H,6-14,17H2,(H,29,33,34). The smallest absolute Gasteiger partial charge is 0.255 e. The third kappa shape index (κ3) is 4.93. The molecule has 9 nitrogen and oxygen atoms in total. The molecule has 1 atom stereocenters. The summed E-state index contributed by atoms with van der Waals surface area (Å²) in [5, 5.41) is 10.2. The number of likely N-dealkylation sites (tertiary alicyclic amines) is 1. The number of anilines is 1. The summed E-state index contributed by atoms with van der Waals surface area (Å²) < 4.78 is 1.90. The number of fused-ring (bicyclic) bond motifs is 1. The van der Waals surface area contributed by atoms with Gasteiger partial charge in [0.25, 0.3) is 5.91 Å². The van der Waals surface area contributed by atoms with Crippen LogP contribution in [0.4, 0.5) is 5.69 Å².